The highest BCUT2D eigenvalue weighted by Crippen LogP contribution is 2.39. The maximum absolute atomic E-state index is 10.9. The van der Waals surface area contributed by atoms with Crippen LogP contribution >= 0.6 is 0 Å². The van der Waals surface area contributed by atoms with Crippen molar-refractivity contribution >= 4 is 5.78 Å². The highest BCUT2D eigenvalue weighted by Gasteiger charge is 2.30. The van der Waals surface area contributed by atoms with Crippen molar-refractivity contribution in [2.24, 2.45) is 0 Å². The Balaban J connectivity index is 2.26. The summed E-state index contributed by atoms with van der Waals surface area (Å²) in [5, 5.41) is 0. The highest BCUT2D eigenvalue weighted by molar-refractivity contribution is 5.86. The molecule has 1 aliphatic carbocycles. The van der Waals surface area contributed by atoms with Crippen molar-refractivity contribution in [2.75, 3.05) is 14.2 Å². The lowest BCUT2D eigenvalue weighted by molar-refractivity contribution is -0.124. The summed E-state index contributed by atoms with van der Waals surface area (Å²) in [6.45, 7) is 0. The largest absolute Gasteiger partial charge is 0.497 e. The molecule has 0 unspecified atom stereocenters. The van der Waals surface area contributed by atoms with Gasteiger partial charge in [-0.3, -0.25) is 4.79 Å². The van der Waals surface area contributed by atoms with Gasteiger partial charge in [0.15, 0.2) is 0 Å². The fraction of sp³-hybridized carbons (Fsp3) is 0.417. The molecule has 15 heavy (non-hydrogen) atoms. The minimum atomic E-state index is 0.331. The smallest absolute Gasteiger partial charge is 0.134 e. The lowest BCUT2D eigenvalue weighted by Gasteiger charge is -2.26. The molecular weight excluding hydrogens is 192 g/mol. The molecular formula is C12H14O3. The molecule has 0 amide bonds. The summed E-state index contributed by atoms with van der Waals surface area (Å²) >= 11 is 0. The monoisotopic (exact) mass is 206 g/mol. The molecule has 1 saturated carbocycles. The van der Waals surface area contributed by atoms with Crippen molar-refractivity contribution in [1.82, 2.24) is 0 Å². The summed E-state index contributed by atoms with van der Waals surface area (Å²) < 4.78 is 10.4. The molecule has 0 saturated heterocycles. The first-order valence-electron chi connectivity index (χ1n) is 4.98. The fourth-order valence-electron chi connectivity index (χ4n) is 1.87. The quantitative estimate of drug-likeness (QED) is 0.760. The highest BCUT2D eigenvalue weighted by atomic mass is 16.5. The van der Waals surface area contributed by atoms with Crippen molar-refractivity contribution in [3.8, 4) is 11.5 Å². The van der Waals surface area contributed by atoms with Gasteiger partial charge in [-0.1, -0.05) is 6.07 Å². The Hall–Kier alpha value is -1.51. The van der Waals surface area contributed by atoms with Crippen molar-refractivity contribution < 1.29 is 14.3 Å². The van der Waals surface area contributed by atoms with Gasteiger partial charge in [0.05, 0.1) is 14.2 Å². The molecule has 0 heterocycles. The van der Waals surface area contributed by atoms with Crippen LogP contribution in [0.25, 0.3) is 0 Å². The molecule has 0 spiro atoms. The van der Waals surface area contributed by atoms with E-state index in [4.69, 9.17) is 9.47 Å². The summed E-state index contributed by atoms with van der Waals surface area (Å²) in [6.07, 6.45) is 1.28. The molecule has 1 aromatic rings. The molecule has 0 atom stereocenters. The lowest BCUT2D eigenvalue weighted by Crippen LogP contribution is -2.21. The topological polar surface area (TPSA) is 35.5 Å². The third-order valence-electron chi connectivity index (χ3n) is 2.83. The Kier molecular flexibility index (Phi) is 2.62. The van der Waals surface area contributed by atoms with Gasteiger partial charge in [0, 0.05) is 24.8 Å². The molecule has 0 aromatic heterocycles. The summed E-state index contributed by atoms with van der Waals surface area (Å²) in [5.74, 6) is 2.25. The van der Waals surface area contributed by atoms with E-state index in [0.717, 1.165) is 17.1 Å². The molecule has 0 N–H and O–H groups in total. The first kappa shape index (κ1) is 10.0. The summed E-state index contributed by atoms with van der Waals surface area (Å²) in [5.41, 5.74) is 1.11. The van der Waals surface area contributed by atoms with Crippen LogP contribution in [-0.4, -0.2) is 20.0 Å². The van der Waals surface area contributed by atoms with E-state index in [1.54, 1.807) is 14.2 Å². The number of carbonyl (C=O) groups is 1. The van der Waals surface area contributed by atoms with E-state index in [-0.39, 0.29) is 0 Å². The molecule has 3 heteroatoms. The van der Waals surface area contributed by atoms with Gasteiger partial charge in [0.1, 0.15) is 17.3 Å². The van der Waals surface area contributed by atoms with E-state index in [9.17, 15) is 4.79 Å². The Morgan fingerprint density at radius 3 is 2.47 bits per heavy atom. The summed E-state index contributed by atoms with van der Waals surface area (Å²) in [6, 6.07) is 5.74. The van der Waals surface area contributed by atoms with E-state index in [0.29, 0.717) is 24.5 Å². The molecule has 2 rings (SSSR count). The normalized spacial score (nSPS) is 16.0. The third-order valence-corrected chi connectivity index (χ3v) is 2.83. The van der Waals surface area contributed by atoms with Crippen LogP contribution in [0.15, 0.2) is 18.2 Å². The number of carbonyl (C=O) groups excluding carboxylic acids is 1. The van der Waals surface area contributed by atoms with Gasteiger partial charge in [0.25, 0.3) is 0 Å². The lowest BCUT2D eigenvalue weighted by atomic mass is 9.78. The fourth-order valence-corrected chi connectivity index (χ4v) is 1.87. The Labute approximate surface area is 89.0 Å². The van der Waals surface area contributed by atoms with Gasteiger partial charge in [0.2, 0.25) is 0 Å². The molecule has 80 valence electrons. The number of benzene rings is 1. The zero-order valence-corrected chi connectivity index (χ0v) is 8.95. The van der Waals surface area contributed by atoms with Crippen LogP contribution in [0.2, 0.25) is 0 Å². The number of ether oxygens (including phenoxy) is 2. The summed E-state index contributed by atoms with van der Waals surface area (Å²) in [4.78, 5) is 10.9. The van der Waals surface area contributed by atoms with E-state index in [2.05, 4.69) is 0 Å². The molecule has 1 aliphatic rings. The van der Waals surface area contributed by atoms with Gasteiger partial charge >= 0.3 is 0 Å². The number of rotatable bonds is 3. The second kappa shape index (κ2) is 3.93. The first-order valence-corrected chi connectivity index (χ1v) is 4.98. The Bertz CT molecular complexity index is 376. The predicted octanol–water partition coefficient (Wildman–Crippen LogP) is 2.15. The minimum absolute atomic E-state index is 0.331. The number of hydrogen-bond acceptors (Lipinski definition) is 3. The number of Topliss-reactive ketones (excluding diaryl/α,β-unsaturated/α-hetero) is 1. The van der Waals surface area contributed by atoms with Gasteiger partial charge in [-0.25, -0.2) is 0 Å². The van der Waals surface area contributed by atoms with Crippen molar-refractivity contribution in [1.29, 1.82) is 0 Å². The van der Waals surface area contributed by atoms with Crippen LogP contribution in [-0.2, 0) is 4.79 Å². The maximum Gasteiger partial charge on any atom is 0.134 e. The van der Waals surface area contributed by atoms with Crippen molar-refractivity contribution in [3.05, 3.63) is 23.8 Å². The van der Waals surface area contributed by atoms with Gasteiger partial charge in [-0.2, -0.15) is 0 Å². The molecule has 1 fully saturated rings. The van der Waals surface area contributed by atoms with E-state index in [1.807, 2.05) is 18.2 Å². The standard InChI is InChI=1S/C12H14O3/c1-14-10-3-4-11(12(7-10)15-2)8-5-9(13)6-8/h3-4,7-8H,5-6H2,1-2H3. The van der Waals surface area contributed by atoms with Crippen LogP contribution < -0.4 is 9.47 Å². The predicted molar refractivity (Wildman–Crippen MR) is 56.5 cm³/mol. The van der Waals surface area contributed by atoms with Crippen LogP contribution in [0.3, 0.4) is 0 Å². The Morgan fingerprint density at radius 2 is 1.93 bits per heavy atom. The van der Waals surface area contributed by atoms with E-state index in [1.165, 1.54) is 0 Å². The van der Waals surface area contributed by atoms with Gasteiger partial charge in [-0.05, 0) is 11.6 Å². The average molecular weight is 206 g/mol. The maximum atomic E-state index is 10.9. The molecule has 0 bridgehead atoms. The molecule has 0 aliphatic heterocycles. The van der Waals surface area contributed by atoms with Crippen LogP contribution in [0.1, 0.15) is 24.3 Å². The number of hydrogen-bond donors (Lipinski definition) is 0. The zero-order chi connectivity index (χ0) is 10.8. The summed E-state index contributed by atoms with van der Waals surface area (Å²) in [7, 11) is 3.26. The van der Waals surface area contributed by atoms with Crippen LogP contribution in [0.4, 0.5) is 0 Å². The first-order chi connectivity index (χ1) is 7.24. The third kappa shape index (κ3) is 1.82. The second-order valence-corrected chi connectivity index (χ2v) is 3.75. The average Bonchev–Trinajstić information content (AvgIpc) is 2.24. The zero-order valence-electron chi connectivity index (χ0n) is 8.95. The van der Waals surface area contributed by atoms with E-state index < -0.39 is 0 Å². The van der Waals surface area contributed by atoms with Crippen molar-refractivity contribution in [3.63, 3.8) is 0 Å². The van der Waals surface area contributed by atoms with Gasteiger partial charge in [-0.15, -0.1) is 0 Å². The second-order valence-electron chi connectivity index (χ2n) is 3.75. The van der Waals surface area contributed by atoms with Crippen molar-refractivity contribution in [2.45, 2.75) is 18.8 Å². The van der Waals surface area contributed by atoms with Crippen LogP contribution in [0, 0.1) is 0 Å². The Morgan fingerprint density at radius 1 is 1.20 bits per heavy atom. The number of ketones is 1. The molecule has 3 nitrogen and oxygen atoms in total. The SMILES string of the molecule is COc1ccc(C2CC(=O)C2)c(OC)c1. The van der Waals surface area contributed by atoms with E-state index >= 15 is 0 Å². The molecule has 1 aromatic carbocycles. The number of methoxy groups -OCH3 is 2. The van der Waals surface area contributed by atoms with Gasteiger partial charge < -0.3 is 9.47 Å². The minimum Gasteiger partial charge on any atom is -0.497 e. The molecule has 0 radical (unpaired) electrons. The van der Waals surface area contributed by atoms with Crippen LogP contribution in [0.5, 0.6) is 11.5 Å².